The number of alkyl carbamates (subject to hydrolysis) is 1. The van der Waals surface area contributed by atoms with Crippen molar-refractivity contribution in [2.75, 3.05) is 7.05 Å². The second kappa shape index (κ2) is 4.18. The van der Waals surface area contributed by atoms with Gasteiger partial charge >= 0.3 is 6.09 Å². The van der Waals surface area contributed by atoms with Gasteiger partial charge in [0, 0.05) is 18.6 Å². The molecule has 0 aromatic heterocycles. The largest absolute Gasteiger partial charge is 0.444 e. The van der Waals surface area contributed by atoms with Gasteiger partial charge in [-0.15, -0.1) is 0 Å². The van der Waals surface area contributed by atoms with E-state index in [0.29, 0.717) is 5.92 Å². The van der Waals surface area contributed by atoms with Gasteiger partial charge in [0.1, 0.15) is 5.60 Å². The number of rotatable bonds is 3. The molecule has 0 saturated heterocycles. The molecule has 3 aliphatic carbocycles. The van der Waals surface area contributed by atoms with Gasteiger partial charge < -0.3 is 15.0 Å². The molecule has 3 rings (SSSR count). The number of nitrogens with zero attached hydrogens (tertiary/aromatic N) is 1. The lowest BCUT2D eigenvalue weighted by Crippen LogP contribution is -2.47. The molecule has 0 aliphatic heterocycles. The summed E-state index contributed by atoms with van der Waals surface area (Å²) in [6.07, 6.45) is 4.88. The Bertz CT molecular complexity index is 353. The van der Waals surface area contributed by atoms with E-state index in [2.05, 4.69) is 23.8 Å². The van der Waals surface area contributed by atoms with E-state index in [1.165, 1.54) is 0 Å². The fraction of sp³-hybridized carbons (Fsp3) is 0.786. The molecule has 4 heteroatoms. The third-order valence-electron chi connectivity index (χ3n) is 4.18. The van der Waals surface area contributed by atoms with Gasteiger partial charge in [-0.3, -0.25) is 0 Å². The summed E-state index contributed by atoms with van der Waals surface area (Å²) in [7, 11) is 2.07. The second-order valence-electron chi connectivity index (χ2n) is 6.64. The Hall–Kier alpha value is -1.19. The Morgan fingerprint density at radius 2 is 2.06 bits per heavy atom. The normalized spacial score (nSPS) is 33.6. The molecule has 2 bridgehead atoms. The van der Waals surface area contributed by atoms with Crippen LogP contribution in [0.25, 0.3) is 0 Å². The molecule has 1 amide bonds. The zero-order valence-corrected chi connectivity index (χ0v) is 11.8. The van der Waals surface area contributed by atoms with Crippen molar-refractivity contribution < 1.29 is 9.53 Å². The SMILES string of the molecule is C=CN(C)C12CC(C1)C(NC(=O)OC(C)(C)C)C2. The minimum atomic E-state index is -0.429. The molecule has 4 nitrogen and oxygen atoms in total. The Labute approximate surface area is 109 Å². The number of amides is 1. The number of fused-ring (bicyclic) bond motifs is 1. The minimum Gasteiger partial charge on any atom is -0.444 e. The van der Waals surface area contributed by atoms with Gasteiger partial charge in [-0.2, -0.15) is 0 Å². The van der Waals surface area contributed by atoms with Crippen LogP contribution < -0.4 is 5.32 Å². The summed E-state index contributed by atoms with van der Waals surface area (Å²) in [4.78, 5) is 14.0. The smallest absolute Gasteiger partial charge is 0.407 e. The number of nitrogens with one attached hydrogen (secondary N) is 1. The monoisotopic (exact) mass is 252 g/mol. The van der Waals surface area contributed by atoms with E-state index in [1.54, 1.807) is 0 Å². The first-order valence-electron chi connectivity index (χ1n) is 6.61. The van der Waals surface area contributed by atoms with Gasteiger partial charge in [-0.05, 0) is 52.2 Å². The van der Waals surface area contributed by atoms with Gasteiger partial charge in [0.25, 0.3) is 0 Å². The first kappa shape index (κ1) is 13.2. The maximum Gasteiger partial charge on any atom is 0.407 e. The highest BCUT2D eigenvalue weighted by atomic mass is 16.6. The van der Waals surface area contributed by atoms with Crippen molar-refractivity contribution in [1.82, 2.24) is 10.2 Å². The average molecular weight is 252 g/mol. The molecule has 3 fully saturated rings. The molecule has 0 heterocycles. The number of hydrogen-bond donors (Lipinski definition) is 1. The standard InChI is InChI=1S/C14H24N2O2/c1-6-16(5)14-7-10(8-14)11(9-14)15-12(17)18-13(2,3)4/h6,10-11H,1,7-9H2,2-5H3,(H,15,17). The highest BCUT2D eigenvalue weighted by molar-refractivity contribution is 5.68. The summed E-state index contributed by atoms with van der Waals surface area (Å²) in [5.74, 6) is 0.597. The second-order valence-corrected chi connectivity index (χ2v) is 6.64. The fourth-order valence-electron chi connectivity index (χ4n) is 3.20. The summed E-state index contributed by atoms with van der Waals surface area (Å²) < 4.78 is 5.30. The van der Waals surface area contributed by atoms with Gasteiger partial charge in [0.15, 0.2) is 0 Å². The molecule has 0 aromatic rings. The van der Waals surface area contributed by atoms with Crippen molar-refractivity contribution in [2.24, 2.45) is 5.92 Å². The Balaban J connectivity index is 1.88. The number of carbonyl (C=O) groups is 1. The van der Waals surface area contributed by atoms with E-state index in [-0.39, 0.29) is 17.7 Å². The van der Waals surface area contributed by atoms with Crippen molar-refractivity contribution in [2.45, 2.75) is 57.2 Å². The van der Waals surface area contributed by atoms with Gasteiger partial charge in [-0.25, -0.2) is 4.79 Å². The van der Waals surface area contributed by atoms with Gasteiger partial charge in [0.05, 0.1) is 0 Å². The lowest BCUT2D eigenvalue weighted by Gasteiger charge is -2.45. The molecule has 1 N–H and O–H groups in total. The fourth-order valence-corrected chi connectivity index (χ4v) is 3.20. The van der Waals surface area contributed by atoms with Crippen LogP contribution in [0.3, 0.4) is 0 Å². The molecule has 0 radical (unpaired) electrons. The third kappa shape index (κ3) is 2.33. The maximum atomic E-state index is 11.8. The van der Waals surface area contributed by atoms with E-state index < -0.39 is 5.60 Å². The zero-order valence-electron chi connectivity index (χ0n) is 11.8. The molecule has 0 aromatic carbocycles. The van der Waals surface area contributed by atoms with Crippen LogP contribution in [0, 0.1) is 5.92 Å². The van der Waals surface area contributed by atoms with Crippen molar-refractivity contribution in [1.29, 1.82) is 0 Å². The van der Waals surface area contributed by atoms with Crippen LogP contribution >= 0.6 is 0 Å². The maximum absolute atomic E-state index is 11.8. The topological polar surface area (TPSA) is 41.6 Å². The average Bonchev–Trinajstić information content (AvgIpc) is 2.67. The van der Waals surface area contributed by atoms with E-state index in [0.717, 1.165) is 19.3 Å². The first-order valence-corrected chi connectivity index (χ1v) is 6.61. The number of carbonyl (C=O) groups excluding carboxylic acids is 1. The predicted octanol–water partition coefficient (Wildman–Crippen LogP) is 2.51. The van der Waals surface area contributed by atoms with Crippen LogP contribution in [0.15, 0.2) is 12.8 Å². The van der Waals surface area contributed by atoms with Gasteiger partial charge in [0.2, 0.25) is 0 Å². The van der Waals surface area contributed by atoms with E-state index >= 15 is 0 Å². The number of hydrogen-bond acceptors (Lipinski definition) is 3. The molecule has 1 atom stereocenters. The minimum absolute atomic E-state index is 0.228. The highest BCUT2D eigenvalue weighted by Crippen LogP contribution is 2.55. The Morgan fingerprint density at radius 1 is 1.44 bits per heavy atom. The van der Waals surface area contributed by atoms with Crippen LogP contribution in [0.4, 0.5) is 4.79 Å². The van der Waals surface area contributed by atoms with Gasteiger partial charge in [-0.1, -0.05) is 6.58 Å². The summed E-state index contributed by atoms with van der Waals surface area (Å²) in [6, 6.07) is 0.252. The van der Waals surface area contributed by atoms with Crippen molar-refractivity contribution >= 4 is 6.09 Å². The van der Waals surface area contributed by atoms with Crippen LogP contribution in [-0.2, 0) is 4.74 Å². The van der Waals surface area contributed by atoms with Crippen molar-refractivity contribution in [3.8, 4) is 0 Å². The molecule has 3 aliphatic rings. The molecular weight excluding hydrogens is 228 g/mol. The summed E-state index contributed by atoms with van der Waals surface area (Å²) in [6.45, 7) is 9.47. The molecule has 3 saturated carbocycles. The summed E-state index contributed by atoms with van der Waals surface area (Å²) in [5.41, 5.74) is -0.201. The number of ether oxygens (including phenoxy) is 1. The molecule has 0 spiro atoms. The van der Waals surface area contributed by atoms with Crippen molar-refractivity contribution in [3.63, 3.8) is 0 Å². The van der Waals surface area contributed by atoms with E-state index in [9.17, 15) is 4.79 Å². The Morgan fingerprint density at radius 3 is 2.56 bits per heavy atom. The zero-order chi connectivity index (χ0) is 13.6. The van der Waals surface area contributed by atoms with E-state index in [4.69, 9.17) is 4.74 Å². The molecule has 18 heavy (non-hydrogen) atoms. The third-order valence-corrected chi connectivity index (χ3v) is 4.18. The molecular formula is C14H24N2O2. The highest BCUT2D eigenvalue weighted by Gasteiger charge is 2.58. The first-order chi connectivity index (χ1) is 8.26. The summed E-state index contributed by atoms with van der Waals surface area (Å²) >= 11 is 0. The quantitative estimate of drug-likeness (QED) is 0.839. The predicted molar refractivity (Wildman–Crippen MR) is 71.2 cm³/mol. The van der Waals surface area contributed by atoms with Crippen LogP contribution in [-0.4, -0.2) is 35.2 Å². The van der Waals surface area contributed by atoms with Crippen molar-refractivity contribution in [3.05, 3.63) is 12.8 Å². The lowest BCUT2D eigenvalue weighted by atomic mass is 9.76. The summed E-state index contributed by atoms with van der Waals surface area (Å²) in [5, 5.41) is 3.01. The van der Waals surface area contributed by atoms with Crippen LogP contribution in [0.1, 0.15) is 40.0 Å². The lowest BCUT2D eigenvalue weighted by molar-refractivity contribution is 0.0488. The van der Waals surface area contributed by atoms with Crippen LogP contribution in [0.2, 0.25) is 0 Å². The molecule has 1 unspecified atom stereocenters. The molecule has 102 valence electrons. The van der Waals surface area contributed by atoms with Crippen LogP contribution in [0.5, 0.6) is 0 Å². The Kier molecular flexibility index (Phi) is 3.07. The van der Waals surface area contributed by atoms with E-state index in [1.807, 2.05) is 27.0 Å².